The maximum absolute atomic E-state index is 12.7. The summed E-state index contributed by atoms with van der Waals surface area (Å²) in [6.07, 6.45) is 0.837. The van der Waals surface area contributed by atoms with Crippen molar-refractivity contribution in [2.24, 2.45) is 0 Å². The number of benzene rings is 2. The van der Waals surface area contributed by atoms with Crippen molar-refractivity contribution in [1.82, 2.24) is 9.88 Å². The van der Waals surface area contributed by atoms with Gasteiger partial charge < -0.3 is 9.88 Å². The van der Waals surface area contributed by atoms with E-state index in [1.165, 1.54) is 11.3 Å². The van der Waals surface area contributed by atoms with E-state index in [-0.39, 0.29) is 5.91 Å². The van der Waals surface area contributed by atoms with Gasteiger partial charge in [0.1, 0.15) is 0 Å². The van der Waals surface area contributed by atoms with Crippen LogP contribution in [-0.2, 0) is 13.0 Å². The van der Waals surface area contributed by atoms with E-state index in [0.717, 1.165) is 38.9 Å². The average molecular weight is 390 g/mol. The number of nitrogens with one attached hydrogen (secondary N) is 1. The highest BCUT2D eigenvalue weighted by Crippen LogP contribution is 2.30. The van der Waals surface area contributed by atoms with Crippen LogP contribution in [0, 0.1) is 0 Å². The molecule has 116 valence electrons. The Kier molecular flexibility index (Phi) is 3.66. The first kappa shape index (κ1) is 14.8. The molecule has 3 aromatic rings. The summed E-state index contributed by atoms with van der Waals surface area (Å²) in [7, 11) is 0. The first-order valence-electron chi connectivity index (χ1n) is 7.45. The van der Waals surface area contributed by atoms with Crippen LogP contribution >= 0.6 is 27.5 Å². The van der Waals surface area contributed by atoms with E-state index < -0.39 is 0 Å². The largest absolute Gasteiger partial charge is 0.358 e. The molecule has 5 heteroatoms. The predicted octanol–water partition coefficient (Wildman–Crippen LogP) is 4.78. The van der Waals surface area contributed by atoms with Crippen LogP contribution in [0.1, 0.15) is 21.6 Å². The third kappa shape index (κ3) is 2.66. The molecule has 3 nitrogen and oxygen atoms in total. The summed E-state index contributed by atoms with van der Waals surface area (Å²) in [5.74, 6) is 0.0754. The number of aromatic nitrogens is 1. The molecule has 0 saturated heterocycles. The second kappa shape index (κ2) is 5.69. The maximum Gasteiger partial charge on any atom is 0.254 e. The van der Waals surface area contributed by atoms with Gasteiger partial charge in [-0.1, -0.05) is 33.6 Å². The second-order valence-electron chi connectivity index (χ2n) is 5.76. The molecule has 23 heavy (non-hydrogen) atoms. The van der Waals surface area contributed by atoms with E-state index >= 15 is 0 Å². The van der Waals surface area contributed by atoms with Gasteiger partial charge in [0.25, 0.3) is 5.91 Å². The molecule has 2 heterocycles. The Bertz CT molecular complexity index is 901. The molecule has 1 amide bonds. The molecular formula is C18H14BrClN2O. The van der Waals surface area contributed by atoms with Crippen molar-refractivity contribution in [2.75, 3.05) is 6.54 Å². The van der Waals surface area contributed by atoms with Crippen molar-refractivity contribution in [3.63, 3.8) is 0 Å². The minimum atomic E-state index is 0.0754. The van der Waals surface area contributed by atoms with Gasteiger partial charge in [-0.3, -0.25) is 4.79 Å². The first-order valence-corrected chi connectivity index (χ1v) is 8.63. The molecule has 0 spiro atoms. The quantitative estimate of drug-likeness (QED) is 0.638. The van der Waals surface area contributed by atoms with Gasteiger partial charge in [0.2, 0.25) is 0 Å². The van der Waals surface area contributed by atoms with E-state index in [1.807, 2.05) is 47.4 Å². The zero-order chi connectivity index (χ0) is 16.0. The van der Waals surface area contributed by atoms with Crippen LogP contribution in [0.25, 0.3) is 10.9 Å². The van der Waals surface area contributed by atoms with Gasteiger partial charge in [-0.2, -0.15) is 0 Å². The number of carbonyl (C=O) groups excluding carboxylic acids is 1. The topological polar surface area (TPSA) is 36.1 Å². The molecule has 1 aliphatic rings. The highest BCUT2D eigenvalue weighted by atomic mass is 79.9. The lowest BCUT2D eigenvalue weighted by Crippen LogP contribution is -2.35. The summed E-state index contributed by atoms with van der Waals surface area (Å²) in [5, 5.41) is 1.87. The summed E-state index contributed by atoms with van der Waals surface area (Å²) in [5.41, 5.74) is 4.18. The zero-order valence-corrected chi connectivity index (χ0v) is 14.6. The molecular weight excluding hydrogens is 376 g/mol. The van der Waals surface area contributed by atoms with Crippen LogP contribution in [0.4, 0.5) is 0 Å². The predicted molar refractivity (Wildman–Crippen MR) is 95.9 cm³/mol. The van der Waals surface area contributed by atoms with Gasteiger partial charge >= 0.3 is 0 Å². The fourth-order valence-electron chi connectivity index (χ4n) is 3.14. The molecule has 4 rings (SSSR count). The molecule has 0 unspecified atom stereocenters. The Morgan fingerprint density at radius 1 is 1.17 bits per heavy atom. The maximum atomic E-state index is 12.7. The number of rotatable bonds is 1. The van der Waals surface area contributed by atoms with Crippen molar-refractivity contribution in [3.05, 3.63) is 68.8 Å². The number of aromatic amines is 1. The summed E-state index contributed by atoms with van der Waals surface area (Å²) in [4.78, 5) is 18.1. The van der Waals surface area contributed by atoms with E-state index in [1.54, 1.807) is 0 Å². The van der Waals surface area contributed by atoms with Gasteiger partial charge in [-0.15, -0.1) is 0 Å². The van der Waals surface area contributed by atoms with Crippen LogP contribution in [0.3, 0.4) is 0 Å². The third-order valence-corrected chi connectivity index (χ3v) is 5.08. The zero-order valence-electron chi connectivity index (χ0n) is 12.3. The third-order valence-electron chi connectivity index (χ3n) is 4.32. The van der Waals surface area contributed by atoms with Crippen molar-refractivity contribution in [3.8, 4) is 0 Å². The number of amides is 1. The van der Waals surface area contributed by atoms with Gasteiger partial charge in [-0.05, 0) is 36.4 Å². The van der Waals surface area contributed by atoms with Gasteiger partial charge in [0.05, 0.1) is 0 Å². The molecule has 0 bridgehead atoms. The molecule has 0 aliphatic carbocycles. The number of hydrogen-bond acceptors (Lipinski definition) is 1. The highest BCUT2D eigenvalue weighted by molar-refractivity contribution is 9.10. The van der Waals surface area contributed by atoms with Crippen molar-refractivity contribution in [1.29, 1.82) is 0 Å². The Labute approximate surface area is 147 Å². The summed E-state index contributed by atoms with van der Waals surface area (Å²) < 4.78 is 0.975. The molecule has 0 saturated carbocycles. The van der Waals surface area contributed by atoms with Crippen LogP contribution in [0.15, 0.2) is 46.9 Å². The minimum Gasteiger partial charge on any atom is -0.358 e. The Balaban J connectivity index is 1.66. The van der Waals surface area contributed by atoms with Crippen molar-refractivity contribution in [2.45, 2.75) is 13.0 Å². The lowest BCUT2D eigenvalue weighted by Gasteiger charge is -2.27. The van der Waals surface area contributed by atoms with Gasteiger partial charge in [-0.25, -0.2) is 0 Å². The lowest BCUT2D eigenvalue weighted by molar-refractivity contribution is 0.0735. The highest BCUT2D eigenvalue weighted by Gasteiger charge is 2.24. The average Bonchev–Trinajstić information content (AvgIpc) is 2.91. The molecule has 2 aromatic carbocycles. The van der Waals surface area contributed by atoms with E-state index in [9.17, 15) is 4.79 Å². The van der Waals surface area contributed by atoms with E-state index in [0.29, 0.717) is 6.54 Å². The van der Waals surface area contributed by atoms with Crippen molar-refractivity contribution >= 4 is 44.3 Å². The molecule has 1 aromatic heterocycles. The van der Waals surface area contributed by atoms with E-state index in [2.05, 4.69) is 20.9 Å². The fourth-order valence-corrected chi connectivity index (χ4v) is 3.58. The van der Waals surface area contributed by atoms with E-state index in [4.69, 9.17) is 11.6 Å². The summed E-state index contributed by atoms with van der Waals surface area (Å²) in [6.45, 7) is 1.36. The normalized spacial score (nSPS) is 14.1. The minimum absolute atomic E-state index is 0.0754. The molecule has 0 fully saturated rings. The molecule has 0 radical (unpaired) electrons. The van der Waals surface area contributed by atoms with Gasteiger partial charge in [0.15, 0.2) is 0 Å². The van der Waals surface area contributed by atoms with Crippen molar-refractivity contribution < 1.29 is 4.79 Å². The molecule has 0 atom stereocenters. The standard InChI is InChI=1S/C18H14BrClN2O/c19-12-3-1-11(2-4-12)18(23)22-8-7-16-15(10-22)14-6-5-13(20)9-17(14)21-16/h1-6,9,21H,7-8,10H2. The van der Waals surface area contributed by atoms with Gasteiger partial charge in [0, 0.05) is 56.7 Å². The summed E-state index contributed by atoms with van der Waals surface area (Å²) in [6, 6.07) is 13.4. The SMILES string of the molecule is O=C(c1ccc(Br)cc1)N1CCc2[nH]c3cc(Cl)ccc3c2C1. The van der Waals surface area contributed by atoms with Crippen LogP contribution in [0.2, 0.25) is 5.02 Å². The number of H-pyrrole nitrogens is 1. The number of halogens is 2. The molecule has 1 N–H and O–H groups in total. The molecule has 1 aliphatic heterocycles. The second-order valence-corrected chi connectivity index (χ2v) is 7.11. The van der Waals surface area contributed by atoms with Crippen LogP contribution in [0.5, 0.6) is 0 Å². The van der Waals surface area contributed by atoms with Crippen LogP contribution in [-0.4, -0.2) is 22.3 Å². The number of fused-ring (bicyclic) bond motifs is 3. The first-order chi connectivity index (χ1) is 11.1. The smallest absolute Gasteiger partial charge is 0.254 e. The number of hydrogen-bond donors (Lipinski definition) is 1. The fraction of sp³-hybridized carbons (Fsp3) is 0.167. The Hall–Kier alpha value is -1.78. The lowest BCUT2D eigenvalue weighted by atomic mass is 10.0. The Morgan fingerprint density at radius 2 is 1.96 bits per heavy atom. The summed E-state index contributed by atoms with van der Waals surface area (Å²) >= 11 is 9.47. The Morgan fingerprint density at radius 3 is 2.74 bits per heavy atom. The number of carbonyl (C=O) groups is 1. The number of nitrogens with zero attached hydrogens (tertiary/aromatic N) is 1. The monoisotopic (exact) mass is 388 g/mol. The van der Waals surface area contributed by atoms with Crippen LogP contribution < -0.4 is 0 Å².